The van der Waals surface area contributed by atoms with Gasteiger partial charge in [-0.25, -0.2) is 0 Å². The number of rotatable bonds is 5. The zero-order chi connectivity index (χ0) is 13.9. The summed E-state index contributed by atoms with van der Waals surface area (Å²) in [5.74, 6) is 5.71. The van der Waals surface area contributed by atoms with E-state index in [1.807, 2.05) is 6.20 Å². The standard InChI is InChI=1S/C16H25N3O/c1-4-19-16(11(20-3)8-18-19)15(17-2)14-12-9-5-6-10(7-9)13(12)14/h8-10,12-15,17H,4-7H2,1-3H3. The molecule has 1 heterocycles. The van der Waals surface area contributed by atoms with Gasteiger partial charge in [0.1, 0.15) is 0 Å². The van der Waals surface area contributed by atoms with Crippen LogP contribution < -0.4 is 10.1 Å². The molecule has 4 rings (SSSR count). The van der Waals surface area contributed by atoms with Crippen LogP contribution in [0.2, 0.25) is 0 Å². The maximum atomic E-state index is 5.56. The van der Waals surface area contributed by atoms with Gasteiger partial charge >= 0.3 is 0 Å². The van der Waals surface area contributed by atoms with Gasteiger partial charge in [-0.1, -0.05) is 0 Å². The van der Waals surface area contributed by atoms with Crippen molar-refractivity contribution < 1.29 is 4.74 Å². The number of fused-ring (bicyclic) bond motifs is 5. The van der Waals surface area contributed by atoms with Crippen molar-refractivity contribution in [3.05, 3.63) is 11.9 Å². The van der Waals surface area contributed by atoms with Crippen LogP contribution in [0.4, 0.5) is 0 Å². The van der Waals surface area contributed by atoms with Gasteiger partial charge in [0.15, 0.2) is 5.75 Å². The molecule has 110 valence electrons. The van der Waals surface area contributed by atoms with Gasteiger partial charge in [0.25, 0.3) is 0 Å². The molecule has 0 spiro atoms. The highest BCUT2D eigenvalue weighted by Gasteiger charge is 2.67. The fourth-order valence-corrected chi connectivity index (χ4v) is 5.45. The number of hydrogen-bond donors (Lipinski definition) is 1. The van der Waals surface area contributed by atoms with Gasteiger partial charge < -0.3 is 10.1 Å². The summed E-state index contributed by atoms with van der Waals surface area (Å²) in [6, 6.07) is 0.408. The molecule has 0 aliphatic heterocycles. The van der Waals surface area contributed by atoms with Crippen LogP contribution >= 0.6 is 0 Å². The fourth-order valence-electron chi connectivity index (χ4n) is 5.45. The lowest BCUT2D eigenvalue weighted by Gasteiger charge is -2.22. The van der Waals surface area contributed by atoms with Crippen molar-refractivity contribution in [2.75, 3.05) is 14.2 Å². The van der Waals surface area contributed by atoms with Crippen LogP contribution in [-0.4, -0.2) is 23.9 Å². The van der Waals surface area contributed by atoms with Gasteiger partial charge in [0.05, 0.1) is 25.0 Å². The van der Waals surface area contributed by atoms with Crippen molar-refractivity contribution >= 4 is 0 Å². The summed E-state index contributed by atoms with van der Waals surface area (Å²) < 4.78 is 7.66. The number of methoxy groups -OCH3 is 1. The largest absolute Gasteiger partial charge is 0.493 e. The molecular formula is C16H25N3O. The minimum Gasteiger partial charge on any atom is -0.493 e. The summed E-state index contributed by atoms with van der Waals surface area (Å²) in [4.78, 5) is 0. The molecule has 1 N–H and O–H groups in total. The Kier molecular flexibility index (Phi) is 2.85. The van der Waals surface area contributed by atoms with Gasteiger partial charge in [-0.3, -0.25) is 4.68 Å². The predicted octanol–water partition coefficient (Wildman–Crippen LogP) is 2.46. The second kappa shape index (κ2) is 4.48. The highest BCUT2D eigenvalue weighted by molar-refractivity contribution is 5.32. The van der Waals surface area contributed by atoms with Gasteiger partial charge in [0, 0.05) is 6.54 Å². The molecule has 4 nitrogen and oxygen atoms in total. The average molecular weight is 275 g/mol. The molecule has 0 saturated heterocycles. The van der Waals surface area contributed by atoms with Crippen LogP contribution in [0.15, 0.2) is 6.20 Å². The zero-order valence-electron chi connectivity index (χ0n) is 12.7. The average Bonchev–Trinajstić information content (AvgIpc) is 2.85. The van der Waals surface area contributed by atoms with E-state index in [1.54, 1.807) is 7.11 Å². The van der Waals surface area contributed by atoms with Crippen LogP contribution in [-0.2, 0) is 6.54 Å². The first kappa shape index (κ1) is 12.7. The van der Waals surface area contributed by atoms with Crippen LogP contribution in [0.1, 0.15) is 37.9 Å². The fraction of sp³-hybridized carbons (Fsp3) is 0.812. The Morgan fingerprint density at radius 1 is 1.40 bits per heavy atom. The first-order chi connectivity index (χ1) is 9.80. The van der Waals surface area contributed by atoms with E-state index in [0.29, 0.717) is 6.04 Å². The molecule has 3 fully saturated rings. The van der Waals surface area contributed by atoms with E-state index >= 15 is 0 Å². The molecule has 0 radical (unpaired) electrons. The first-order valence-electron chi connectivity index (χ1n) is 8.07. The first-order valence-corrected chi connectivity index (χ1v) is 8.07. The number of ether oxygens (including phenoxy) is 1. The van der Waals surface area contributed by atoms with E-state index in [1.165, 1.54) is 25.0 Å². The Balaban J connectivity index is 1.65. The third-order valence-electron chi connectivity index (χ3n) is 6.15. The quantitative estimate of drug-likeness (QED) is 0.897. The number of aromatic nitrogens is 2. The third-order valence-corrected chi connectivity index (χ3v) is 6.15. The SMILES string of the molecule is CCn1ncc(OC)c1C(NC)C1C2C3CCC(C3)C21. The van der Waals surface area contributed by atoms with E-state index in [2.05, 4.69) is 29.1 Å². The normalized spacial score (nSPS) is 38.9. The topological polar surface area (TPSA) is 39.1 Å². The smallest absolute Gasteiger partial charge is 0.161 e. The maximum absolute atomic E-state index is 5.56. The molecule has 4 heteroatoms. The van der Waals surface area contributed by atoms with E-state index < -0.39 is 0 Å². The van der Waals surface area contributed by atoms with E-state index in [-0.39, 0.29) is 0 Å². The number of hydrogen-bond acceptors (Lipinski definition) is 3. The number of nitrogens with one attached hydrogen (secondary N) is 1. The summed E-state index contributed by atoms with van der Waals surface area (Å²) in [7, 11) is 3.84. The van der Waals surface area contributed by atoms with Crippen molar-refractivity contribution in [3.8, 4) is 5.75 Å². The molecule has 0 aromatic carbocycles. The lowest BCUT2D eigenvalue weighted by atomic mass is 9.95. The summed E-state index contributed by atoms with van der Waals surface area (Å²) in [5.41, 5.74) is 1.26. The Hall–Kier alpha value is -1.03. The summed E-state index contributed by atoms with van der Waals surface area (Å²) in [6.45, 7) is 3.06. The van der Waals surface area contributed by atoms with Crippen molar-refractivity contribution in [1.82, 2.24) is 15.1 Å². The summed E-state index contributed by atoms with van der Waals surface area (Å²) in [5, 5.41) is 8.06. The Morgan fingerprint density at radius 2 is 2.10 bits per heavy atom. The van der Waals surface area contributed by atoms with Crippen molar-refractivity contribution in [1.29, 1.82) is 0 Å². The Morgan fingerprint density at radius 3 is 2.65 bits per heavy atom. The van der Waals surface area contributed by atoms with E-state index in [9.17, 15) is 0 Å². The molecule has 0 amide bonds. The van der Waals surface area contributed by atoms with Crippen molar-refractivity contribution in [2.24, 2.45) is 29.6 Å². The second-order valence-electron chi connectivity index (χ2n) is 6.75. The molecule has 3 aliphatic carbocycles. The van der Waals surface area contributed by atoms with E-state index in [0.717, 1.165) is 41.9 Å². The Labute approximate surface area is 120 Å². The molecule has 3 aliphatic rings. The minimum atomic E-state index is 0.408. The molecule has 5 atom stereocenters. The highest BCUT2D eigenvalue weighted by Crippen LogP contribution is 2.72. The lowest BCUT2D eigenvalue weighted by Crippen LogP contribution is -2.25. The zero-order valence-corrected chi connectivity index (χ0v) is 12.7. The van der Waals surface area contributed by atoms with Crippen LogP contribution in [0.25, 0.3) is 0 Å². The van der Waals surface area contributed by atoms with Crippen molar-refractivity contribution in [3.63, 3.8) is 0 Å². The highest BCUT2D eigenvalue weighted by atomic mass is 16.5. The number of aryl methyl sites for hydroxylation is 1. The molecule has 20 heavy (non-hydrogen) atoms. The molecule has 2 bridgehead atoms. The lowest BCUT2D eigenvalue weighted by molar-refractivity contribution is 0.348. The molecule has 5 unspecified atom stereocenters. The van der Waals surface area contributed by atoms with Gasteiger partial charge in [-0.15, -0.1) is 0 Å². The van der Waals surface area contributed by atoms with E-state index in [4.69, 9.17) is 4.74 Å². The minimum absolute atomic E-state index is 0.408. The number of nitrogens with zero attached hydrogens (tertiary/aromatic N) is 2. The van der Waals surface area contributed by atoms with Gasteiger partial charge in [-0.2, -0.15) is 5.10 Å². The van der Waals surface area contributed by atoms with Crippen molar-refractivity contribution in [2.45, 2.75) is 38.8 Å². The van der Waals surface area contributed by atoms with Crippen LogP contribution in [0, 0.1) is 29.6 Å². The molecule has 1 aromatic rings. The third kappa shape index (κ3) is 1.54. The summed E-state index contributed by atoms with van der Waals surface area (Å²) in [6.07, 6.45) is 6.33. The monoisotopic (exact) mass is 275 g/mol. The van der Waals surface area contributed by atoms with Crippen LogP contribution in [0.5, 0.6) is 5.75 Å². The molecular weight excluding hydrogens is 250 g/mol. The summed E-state index contributed by atoms with van der Waals surface area (Å²) >= 11 is 0. The molecule has 3 saturated carbocycles. The molecule has 1 aromatic heterocycles. The van der Waals surface area contributed by atoms with Gasteiger partial charge in [-0.05, 0) is 62.8 Å². The van der Waals surface area contributed by atoms with Gasteiger partial charge in [0.2, 0.25) is 0 Å². The van der Waals surface area contributed by atoms with Crippen LogP contribution in [0.3, 0.4) is 0 Å². The predicted molar refractivity (Wildman–Crippen MR) is 77.6 cm³/mol. The maximum Gasteiger partial charge on any atom is 0.161 e. The Bertz CT molecular complexity index is 474. The second-order valence-corrected chi connectivity index (χ2v) is 6.75.